The van der Waals surface area contributed by atoms with Crippen LogP contribution in [0.25, 0.3) is 5.57 Å². The lowest BCUT2D eigenvalue weighted by Crippen LogP contribution is -2.37. The number of amides is 1. The van der Waals surface area contributed by atoms with Crippen LogP contribution in [0.3, 0.4) is 0 Å². The van der Waals surface area contributed by atoms with Gasteiger partial charge < -0.3 is 15.0 Å². The Bertz CT molecular complexity index is 590. The summed E-state index contributed by atoms with van der Waals surface area (Å²) in [5, 5.41) is 3.05. The zero-order valence-electron chi connectivity index (χ0n) is 15.6. The topological polar surface area (TPSA) is 41.6 Å². The van der Waals surface area contributed by atoms with Gasteiger partial charge in [0.1, 0.15) is 5.75 Å². The van der Waals surface area contributed by atoms with Crippen molar-refractivity contribution in [1.29, 1.82) is 0 Å². The van der Waals surface area contributed by atoms with Crippen molar-refractivity contribution in [2.45, 2.75) is 52.1 Å². The molecule has 0 aliphatic carbocycles. The number of carbonyl (C=O) groups excluding carboxylic acids is 1. The minimum atomic E-state index is 0.0855. The number of ether oxygens (including phenoxy) is 1. The summed E-state index contributed by atoms with van der Waals surface area (Å²) in [6, 6.07) is 8.82. The number of hydrogen-bond donors (Lipinski definition) is 1. The lowest BCUT2D eigenvalue weighted by atomic mass is 9.92. The highest BCUT2D eigenvalue weighted by Crippen LogP contribution is 2.30. The molecule has 0 fully saturated rings. The van der Waals surface area contributed by atoms with E-state index in [0.29, 0.717) is 12.1 Å². The molecule has 0 bridgehead atoms. The maximum absolute atomic E-state index is 12.6. The number of nitrogens with one attached hydrogen (secondary N) is 1. The van der Waals surface area contributed by atoms with E-state index >= 15 is 0 Å². The highest BCUT2D eigenvalue weighted by Gasteiger charge is 2.23. The highest BCUT2D eigenvalue weighted by molar-refractivity contribution is 6.01. The third-order valence-electron chi connectivity index (χ3n) is 4.98. The second-order valence-corrected chi connectivity index (χ2v) is 6.86. The van der Waals surface area contributed by atoms with E-state index in [1.165, 1.54) is 5.57 Å². The van der Waals surface area contributed by atoms with Crippen LogP contribution in [0.4, 0.5) is 0 Å². The van der Waals surface area contributed by atoms with E-state index in [9.17, 15) is 4.79 Å². The second-order valence-electron chi connectivity index (χ2n) is 6.86. The van der Waals surface area contributed by atoms with Crippen LogP contribution in [0.5, 0.6) is 5.75 Å². The number of benzene rings is 1. The average molecular weight is 330 g/mol. The van der Waals surface area contributed by atoms with Gasteiger partial charge in [0, 0.05) is 24.2 Å². The Morgan fingerprint density at radius 2 is 1.88 bits per heavy atom. The molecule has 1 aromatic rings. The fraction of sp³-hybridized carbons (Fsp3) is 0.550. The average Bonchev–Trinajstić information content (AvgIpc) is 2.76. The molecule has 0 saturated heterocycles. The zero-order valence-corrected chi connectivity index (χ0v) is 15.6. The Labute approximate surface area is 145 Å². The van der Waals surface area contributed by atoms with Crippen LogP contribution >= 0.6 is 0 Å². The summed E-state index contributed by atoms with van der Waals surface area (Å²) in [5.74, 6) is 0.925. The zero-order chi connectivity index (χ0) is 17.7. The largest absolute Gasteiger partial charge is 0.497 e. The van der Waals surface area contributed by atoms with Crippen LogP contribution < -0.4 is 10.1 Å². The van der Waals surface area contributed by atoms with Gasteiger partial charge in [-0.3, -0.25) is 4.79 Å². The van der Waals surface area contributed by atoms with Gasteiger partial charge in [-0.1, -0.05) is 12.1 Å². The van der Waals surface area contributed by atoms with Crippen LogP contribution in [0, 0.1) is 0 Å². The first-order valence-corrected chi connectivity index (χ1v) is 8.80. The molecule has 1 aliphatic heterocycles. The van der Waals surface area contributed by atoms with Crippen molar-refractivity contribution >= 4 is 11.5 Å². The number of hydrogen-bond acceptors (Lipinski definition) is 3. The summed E-state index contributed by atoms with van der Waals surface area (Å²) in [5.41, 5.74) is 3.23. The highest BCUT2D eigenvalue weighted by atomic mass is 16.5. The number of nitrogens with zero attached hydrogens (tertiary/aromatic N) is 1. The van der Waals surface area contributed by atoms with Crippen LogP contribution in [0.2, 0.25) is 0 Å². The maximum Gasteiger partial charge on any atom is 0.247 e. The summed E-state index contributed by atoms with van der Waals surface area (Å²) in [6.07, 6.45) is 2.67. The van der Waals surface area contributed by atoms with Crippen LogP contribution in [-0.2, 0) is 4.79 Å². The fourth-order valence-electron chi connectivity index (χ4n) is 3.14. The van der Waals surface area contributed by atoms with Crippen molar-refractivity contribution in [3.63, 3.8) is 0 Å². The predicted molar refractivity (Wildman–Crippen MR) is 99.1 cm³/mol. The number of carbonyl (C=O) groups is 1. The first-order chi connectivity index (χ1) is 11.4. The van der Waals surface area contributed by atoms with Gasteiger partial charge in [-0.15, -0.1) is 0 Å². The molecule has 0 radical (unpaired) electrons. The van der Waals surface area contributed by atoms with Crippen molar-refractivity contribution in [2.75, 3.05) is 20.7 Å². The third-order valence-corrected chi connectivity index (χ3v) is 4.98. The van der Waals surface area contributed by atoms with Crippen molar-refractivity contribution in [2.24, 2.45) is 0 Å². The van der Waals surface area contributed by atoms with E-state index in [0.717, 1.165) is 42.7 Å². The first kappa shape index (κ1) is 18.5. The SMILES string of the molecule is COc1ccc(C2=C(CC(C)N(C)C(C)C)C(=O)NCCC2)cc1. The van der Waals surface area contributed by atoms with Crippen molar-refractivity contribution in [1.82, 2.24) is 10.2 Å². The molecule has 0 saturated carbocycles. The molecule has 24 heavy (non-hydrogen) atoms. The van der Waals surface area contributed by atoms with E-state index in [4.69, 9.17) is 4.74 Å². The second kappa shape index (κ2) is 8.34. The number of rotatable bonds is 6. The van der Waals surface area contributed by atoms with Gasteiger partial charge in [0.15, 0.2) is 0 Å². The Kier molecular flexibility index (Phi) is 6.44. The Morgan fingerprint density at radius 3 is 2.46 bits per heavy atom. The van der Waals surface area contributed by atoms with Gasteiger partial charge in [0.25, 0.3) is 0 Å². The number of methoxy groups -OCH3 is 1. The molecule has 1 amide bonds. The van der Waals surface area contributed by atoms with Gasteiger partial charge in [-0.05, 0) is 70.4 Å². The number of allylic oxidation sites excluding steroid dienone is 1. The fourth-order valence-corrected chi connectivity index (χ4v) is 3.14. The van der Waals surface area contributed by atoms with Gasteiger partial charge in [0.2, 0.25) is 5.91 Å². The standard InChI is InChI=1S/C20H30N2O2/c1-14(2)22(4)15(3)13-19-18(7-6-12-21-20(19)23)16-8-10-17(24-5)11-9-16/h8-11,14-15H,6-7,12-13H2,1-5H3,(H,21,23). The Morgan fingerprint density at radius 1 is 1.21 bits per heavy atom. The minimum absolute atomic E-state index is 0.0855. The normalized spacial score (nSPS) is 17.0. The molecular formula is C20H30N2O2. The van der Waals surface area contributed by atoms with Crippen molar-refractivity contribution in [3.05, 3.63) is 35.4 Å². The van der Waals surface area contributed by atoms with Gasteiger partial charge in [-0.2, -0.15) is 0 Å². The smallest absolute Gasteiger partial charge is 0.247 e. The molecule has 1 N–H and O–H groups in total. The van der Waals surface area contributed by atoms with E-state index in [1.54, 1.807) is 7.11 Å². The minimum Gasteiger partial charge on any atom is -0.497 e. The summed E-state index contributed by atoms with van der Waals surface area (Å²) < 4.78 is 5.25. The molecule has 1 unspecified atom stereocenters. The molecule has 0 aromatic heterocycles. The molecular weight excluding hydrogens is 300 g/mol. The van der Waals surface area contributed by atoms with Gasteiger partial charge >= 0.3 is 0 Å². The molecule has 1 heterocycles. The van der Waals surface area contributed by atoms with E-state index in [-0.39, 0.29) is 5.91 Å². The molecule has 4 heteroatoms. The Balaban J connectivity index is 2.36. The summed E-state index contributed by atoms with van der Waals surface area (Å²) in [4.78, 5) is 15.0. The quantitative estimate of drug-likeness (QED) is 0.868. The van der Waals surface area contributed by atoms with Crippen LogP contribution in [0.15, 0.2) is 29.8 Å². The van der Waals surface area contributed by atoms with E-state index in [1.807, 2.05) is 12.1 Å². The summed E-state index contributed by atoms with van der Waals surface area (Å²) >= 11 is 0. The van der Waals surface area contributed by atoms with Gasteiger partial charge in [0.05, 0.1) is 7.11 Å². The maximum atomic E-state index is 12.6. The monoisotopic (exact) mass is 330 g/mol. The third kappa shape index (κ3) is 4.38. The van der Waals surface area contributed by atoms with E-state index < -0.39 is 0 Å². The Hall–Kier alpha value is -1.81. The van der Waals surface area contributed by atoms with Crippen molar-refractivity contribution < 1.29 is 9.53 Å². The molecule has 4 nitrogen and oxygen atoms in total. The molecule has 1 aromatic carbocycles. The molecule has 1 atom stereocenters. The summed E-state index contributed by atoms with van der Waals surface area (Å²) in [7, 11) is 3.79. The molecule has 1 aliphatic rings. The molecule has 0 spiro atoms. The van der Waals surface area contributed by atoms with E-state index in [2.05, 4.69) is 50.2 Å². The predicted octanol–water partition coefficient (Wildman–Crippen LogP) is 3.48. The molecule has 132 valence electrons. The van der Waals surface area contributed by atoms with Gasteiger partial charge in [-0.25, -0.2) is 0 Å². The van der Waals surface area contributed by atoms with Crippen LogP contribution in [-0.4, -0.2) is 43.6 Å². The first-order valence-electron chi connectivity index (χ1n) is 8.80. The van der Waals surface area contributed by atoms with Crippen molar-refractivity contribution in [3.8, 4) is 5.75 Å². The molecule has 2 rings (SSSR count). The summed E-state index contributed by atoms with van der Waals surface area (Å²) in [6.45, 7) is 7.30. The van der Waals surface area contributed by atoms with Crippen LogP contribution in [0.1, 0.15) is 45.6 Å². The lowest BCUT2D eigenvalue weighted by molar-refractivity contribution is -0.117. The lowest BCUT2D eigenvalue weighted by Gasteiger charge is -2.29.